The van der Waals surface area contributed by atoms with Crippen LogP contribution in [-0.2, 0) is 11.2 Å². The Labute approximate surface area is 113 Å². The lowest BCUT2D eigenvalue weighted by atomic mass is 10.0. The molecule has 2 aromatic rings. The number of aromatic nitrogens is 1. The molecule has 0 spiro atoms. The second kappa shape index (κ2) is 5.23. The fourth-order valence-corrected chi connectivity index (χ4v) is 2.73. The molecule has 1 aliphatic rings. The highest BCUT2D eigenvalue weighted by molar-refractivity contribution is 5.86. The Morgan fingerprint density at radius 3 is 3.05 bits per heavy atom. The van der Waals surface area contributed by atoms with Crippen molar-refractivity contribution >= 4 is 10.9 Å². The predicted octanol–water partition coefficient (Wildman–Crippen LogP) is 2.40. The average molecular weight is 260 g/mol. The van der Waals surface area contributed by atoms with Gasteiger partial charge in [0.25, 0.3) is 0 Å². The highest BCUT2D eigenvalue weighted by Crippen LogP contribution is 2.31. The minimum Gasteiger partial charge on any atom is -0.491 e. The summed E-state index contributed by atoms with van der Waals surface area (Å²) in [5, 5.41) is 4.77. The van der Waals surface area contributed by atoms with Crippen LogP contribution in [0.2, 0.25) is 0 Å². The maximum Gasteiger partial charge on any atom is 0.120 e. The van der Waals surface area contributed by atoms with Crippen molar-refractivity contribution in [3.63, 3.8) is 0 Å². The zero-order valence-electron chi connectivity index (χ0n) is 11.5. The van der Waals surface area contributed by atoms with E-state index < -0.39 is 0 Å². The van der Waals surface area contributed by atoms with Gasteiger partial charge in [-0.1, -0.05) is 0 Å². The molecule has 0 aliphatic carbocycles. The molecule has 4 nitrogen and oxygen atoms in total. The minimum atomic E-state index is 0.397. The standard InChI is InChI=1S/C15H20N2O2/c1-10-15-12(5-6-16-10)13-9-11(19-8-7-18-2)3-4-14(13)17-15/h3-4,9-10,16-17H,5-8H2,1-2H3. The lowest BCUT2D eigenvalue weighted by Crippen LogP contribution is -2.27. The van der Waals surface area contributed by atoms with Crippen LogP contribution in [0.25, 0.3) is 10.9 Å². The molecular weight excluding hydrogens is 240 g/mol. The molecule has 1 aromatic carbocycles. The van der Waals surface area contributed by atoms with Crippen LogP contribution in [0.4, 0.5) is 0 Å². The Kier molecular flexibility index (Phi) is 3.44. The lowest BCUT2D eigenvalue weighted by molar-refractivity contribution is 0.146. The molecule has 19 heavy (non-hydrogen) atoms. The normalized spacial score (nSPS) is 18.5. The summed E-state index contributed by atoms with van der Waals surface area (Å²) in [6, 6.07) is 6.65. The maximum atomic E-state index is 5.69. The van der Waals surface area contributed by atoms with E-state index >= 15 is 0 Å². The van der Waals surface area contributed by atoms with Crippen molar-refractivity contribution in [3.8, 4) is 5.75 Å². The third kappa shape index (κ3) is 2.33. The smallest absolute Gasteiger partial charge is 0.120 e. The van der Waals surface area contributed by atoms with Gasteiger partial charge in [-0.15, -0.1) is 0 Å². The van der Waals surface area contributed by atoms with Crippen LogP contribution < -0.4 is 10.1 Å². The third-order valence-corrected chi connectivity index (χ3v) is 3.73. The van der Waals surface area contributed by atoms with E-state index in [1.807, 2.05) is 6.07 Å². The van der Waals surface area contributed by atoms with Gasteiger partial charge >= 0.3 is 0 Å². The summed E-state index contributed by atoms with van der Waals surface area (Å²) < 4.78 is 10.7. The number of hydrogen-bond acceptors (Lipinski definition) is 3. The first-order valence-electron chi connectivity index (χ1n) is 6.79. The van der Waals surface area contributed by atoms with Gasteiger partial charge in [-0.05, 0) is 43.7 Å². The molecule has 0 amide bonds. The number of ether oxygens (including phenoxy) is 2. The summed E-state index contributed by atoms with van der Waals surface area (Å²) in [5.74, 6) is 0.914. The van der Waals surface area contributed by atoms with E-state index in [0.717, 1.165) is 18.7 Å². The molecule has 3 rings (SSSR count). The van der Waals surface area contributed by atoms with E-state index in [1.54, 1.807) is 7.11 Å². The number of fused-ring (bicyclic) bond motifs is 3. The van der Waals surface area contributed by atoms with Crippen LogP contribution >= 0.6 is 0 Å². The summed E-state index contributed by atoms with van der Waals surface area (Å²) in [6.07, 6.45) is 1.07. The summed E-state index contributed by atoms with van der Waals surface area (Å²) in [4.78, 5) is 3.52. The molecule has 1 atom stereocenters. The Morgan fingerprint density at radius 2 is 2.21 bits per heavy atom. The zero-order chi connectivity index (χ0) is 13.2. The first-order valence-corrected chi connectivity index (χ1v) is 6.79. The first-order chi connectivity index (χ1) is 9.29. The SMILES string of the molecule is COCCOc1ccc2[nH]c3c(c2c1)CCNC3C. The molecule has 0 saturated heterocycles. The number of rotatable bonds is 4. The number of methoxy groups -OCH3 is 1. The summed E-state index contributed by atoms with van der Waals surface area (Å²) in [6.45, 7) is 4.44. The number of benzene rings is 1. The van der Waals surface area contributed by atoms with Crippen molar-refractivity contribution in [3.05, 3.63) is 29.5 Å². The molecule has 0 fully saturated rings. The highest BCUT2D eigenvalue weighted by Gasteiger charge is 2.20. The Bertz CT molecular complexity index is 577. The first kappa shape index (κ1) is 12.5. The van der Waals surface area contributed by atoms with Crippen LogP contribution in [-0.4, -0.2) is 31.9 Å². The van der Waals surface area contributed by atoms with Gasteiger partial charge < -0.3 is 19.8 Å². The second-order valence-corrected chi connectivity index (χ2v) is 4.99. The number of hydrogen-bond donors (Lipinski definition) is 2. The van der Waals surface area contributed by atoms with E-state index in [9.17, 15) is 0 Å². The summed E-state index contributed by atoms with van der Waals surface area (Å²) in [7, 11) is 1.68. The monoisotopic (exact) mass is 260 g/mol. The number of H-pyrrole nitrogens is 1. The summed E-state index contributed by atoms with van der Waals surface area (Å²) >= 11 is 0. The van der Waals surface area contributed by atoms with Gasteiger partial charge in [0.2, 0.25) is 0 Å². The van der Waals surface area contributed by atoms with Crippen LogP contribution in [0.3, 0.4) is 0 Å². The maximum absolute atomic E-state index is 5.69. The van der Waals surface area contributed by atoms with E-state index in [1.165, 1.54) is 22.2 Å². The molecule has 1 aromatic heterocycles. The lowest BCUT2D eigenvalue weighted by Gasteiger charge is -2.20. The second-order valence-electron chi connectivity index (χ2n) is 4.99. The quantitative estimate of drug-likeness (QED) is 0.830. The fraction of sp³-hybridized carbons (Fsp3) is 0.467. The zero-order valence-corrected chi connectivity index (χ0v) is 11.5. The van der Waals surface area contributed by atoms with Crippen LogP contribution in [0.5, 0.6) is 5.75 Å². The van der Waals surface area contributed by atoms with Gasteiger partial charge in [-0.2, -0.15) is 0 Å². The van der Waals surface area contributed by atoms with E-state index in [0.29, 0.717) is 19.3 Å². The molecule has 0 saturated carbocycles. The van der Waals surface area contributed by atoms with Gasteiger partial charge in [-0.3, -0.25) is 0 Å². The van der Waals surface area contributed by atoms with Crippen molar-refractivity contribution in [1.29, 1.82) is 0 Å². The van der Waals surface area contributed by atoms with Crippen molar-refractivity contribution < 1.29 is 9.47 Å². The molecule has 2 heterocycles. The van der Waals surface area contributed by atoms with Crippen molar-refractivity contribution in [1.82, 2.24) is 10.3 Å². The van der Waals surface area contributed by atoms with Crippen molar-refractivity contribution in [2.45, 2.75) is 19.4 Å². The molecule has 0 bridgehead atoms. The Hall–Kier alpha value is -1.52. The highest BCUT2D eigenvalue weighted by atomic mass is 16.5. The molecule has 0 radical (unpaired) electrons. The number of nitrogens with one attached hydrogen (secondary N) is 2. The minimum absolute atomic E-state index is 0.397. The van der Waals surface area contributed by atoms with Crippen molar-refractivity contribution in [2.24, 2.45) is 0 Å². The van der Waals surface area contributed by atoms with Gasteiger partial charge in [0.1, 0.15) is 12.4 Å². The average Bonchev–Trinajstić information content (AvgIpc) is 2.79. The topological polar surface area (TPSA) is 46.3 Å². The van der Waals surface area contributed by atoms with Gasteiger partial charge in [0, 0.05) is 29.7 Å². The van der Waals surface area contributed by atoms with Crippen LogP contribution in [0.1, 0.15) is 24.2 Å². The molecular formula is C15H20N2O2. The Balaban J connectivity index is 1.93. The predicted molar refractivity (Wildman–Crippen MR) is 75.8 cm³/mol. The summed E-state index contributed by atoms with van der Waals surface area (Å²) in [5.41, 5.74) is 3.94. The largest absolute Gasteiger partial charge is 0.491 e. The molecule has 1 unspecified atom stereocenters. The van der Waals surface area contributed by atoms with Crippen molar-refractivity contribution in [2.75, 3.05) is 26.9 Å². The van der Waals surface area contributed by atoms with E-state index in [2.05, 4.69) is 29.4 Å². The fourth-order valence-electron chi connectivity index (χ4n) is 2.73. The molecule has 1 aliphatic heterocycles. The molecule has 4 heteroatoms. The number of aromatic amines is 1. The van der Waals surface area contributed by atoms with Gasteiger partial charge in [0.05, 0.1) is 6.61 Å². The van der Waals surface area contributed by atoms with Crippen LogP contribution in [0, 0.1) is 0 Å². The van der Waals surface area contributed by atoms with E-state index in [4.69, 9.17) is 9.47 Å². The van der Waals surface area contributed by atoms with Crippen LogP contribution in [0.15, 0.2) is 18.2 Å². The van der Waals surface area contributed by atoms with E-state index in [-0.39, 0.29) is 0 Å². The van der Waals surface area contributed by atoms with Gasteiger partial charge in [-0.25, -0.2) is 0 Å². The third-order valence-electron chi connectivity index (χ3n) is 3.73. The van der Waals surface area contributed by atoms with Gasteiger partial charge in [0.15, 0.2) is 0 Å². The molecule has 102 valence electrons. The molecule has 2 N–H and O–H groups in total. The Morgan fingerprint density at radius 1 is 1.32 bits per heavy atom.